The normalized spacial score (nSPS) is 10.6. The maximum atomic E-state index is 12.4. The average Bonchev–Trinajstić information content (AvgIpc) is 3.21. The Balaban J connectivity index is 1.74. The van der Waals surface area contributed by atoms with Crippen molar-refractivity contribution in [3.8, 4) is 22.9 Å². The summed E-state index contributed by atoms with van der Waals surface area (Å²) in [6.07, 6.45) is 0. The van der Waals surface area contributed by atoms with Crippen molar-refractivity contribution in [1.29, 1.82) is 0 Å². The van der Waals surface area contributed by atoms with Gasteiger partial charge in [0.1, 0.15) is 11.5 Å². The summed E-state index contributed by atoms with van der Waals surface area (Å²) >= 11 is 1.23. The van der Waals surface area contributed by atoms with Crippen LogP contribution < -0.4 is 14.8 Å². The first-order chi connectivity index (χ1) is 15.4. The van der Waals surface area contributed by atoms with E-state index in [9.17, 15) is 14.9 Å². The minimum atomic E-state index is -0.474. The van der Waals surface area contributed by atoms with Crippen molar-refractivity contribution < 1.29 is 19.2 Å². The lowest BCUT2D eigenvalue weighted by atomic mass is 10.2. The Kier molecular flexibility index (Phi) is 7.31. The number of aryl methyl sites for hydroxylation is 1. The first kappa shape index (κ1) is 23.1. The Hall–Kier alpha value is -3.60. The van der Waals surface area contributed by atoms with Crippen molar-refractivity contribution >= 4 is 29.0 Å². The fraction of sp³-hybridized carbons (Fsp3) is 0.286. The highest BCUT2D eigenvalue weighted by molar-refractivity contribution is 7.99. The minimum absolute atomic E-state index is 0.0421. The third-order valence-electron chi connectivity index (χ3n) is 4.66. The molecule has 168 valence electrons. The number of methoxy groups -OCH3 is 2. The second-order valence-corrected chi connectivity index (χ2v) is 7.69. The van der Waals surface area contributed by atoms with E-state index < -0.39 is 4.92 Å². The lowest BCUT2D eigenvalue weighted by Gasteiger charge is -2.10. The van der Waals surface area contributed by atoms with Gasteiger partial charge in [-0.25, -0.2) is 0 Å². The van der Waals surface area contributed by atoms with Crippen LogP contribution in [0.3, 0.4) is 0 Å². The number of rotatable bonds is 9. The van der Waals surface area contributed by atoms with Gasteiger partial charge in [0.2, 0.25) is 5.91 Å². The number of thioether (sulfide) groups is 1. The Labute approximate surface area is 189 Å². The molecule has 0 spiro atoms. The van der Waals surface area contributed by atoms with Crippen molar-refractivity contribution in [2.75, 3.05) is 25.3 Å². The summed E-state index contributed by atoms with van der Waals surface area (Å²) in [5.41, 5.74) is 1.63. The van der Waals surface area contributed by atoms with Crippen molar-refractivity contribution in [1.82, 2.24) is 14.8 Å². The summed E-state index contributed by atoms with van der Waals surface area (Å²) < 4.78 is 12.5. The molecule has 0 atom stereocenters. The molecule has 1 heterocycles. The predicted molar refractivity (Wildman–Crippen MR) is 121 cm³/mol. The topological polar surface area (TPSA) is 121 Å². The number of carbonyl (C=O) groups excluding carboxylic acids is 1. The van der Waals surface area contributed by atoms with E-state index in [1.807, 2.05) is 23.6 Å². The van der Waals surface area contributed by atoms with Gasteiger partial charge in [0.05, 0.1) is 24.9 Å². The van der Waals surface area contributed by atoms with E-state index in [4.69, 9.17) is 9.47 Å². The standard InChI is InChI=1S/C21H23N5O5S/c1-5-25-20(14-8-16(30-3)11-17(9-14)31-4)23-24-21(25)32-12-19(27)22-15-7-6-13(2)18(10-15)26(28)29/h6-11H,5,12H2,1-4H3,(H,22,27). The molecule has 32 heavy (non-hydrogen) atoms. The largest absolute Gasteiger partial charge is 0.497 e. The van der Waals surface area contributed by atoms with Crippen LogP contribution in [-0.4, -0.2) is 45.6 Å². The summed E-state index contributed by atoms with van der Waals surface area (Å²) in [5, 5.41) is 22.9. The van der Waals surface area contributed by atoms with Crippen molar-refractivity contribution in [3.05, 3.63) is 52.1 Å². The molecule has 11 heteroatoms. The van der Waals surface area contributed by atoms with E-state index in [1.165, 1.54) is 17.8 Å². The summed E-state index contributed by atoms with van der Waals surface area (Å²) in [6, 6.07) is 10.0. The molecule has 3 aromatic rings. The third kappa shape index (κ3) is 5.17. The number of carbonyl (C=O) groups is 1. The first-order valence-corrected chi connectivity index (χ1v) is 10.7. The van der Waals surface area contributed by atoms with Gasteiger partial charge in [-0.05, 0) is 32.0 Å². The number of nitrogens with one attached hydrogen (secondary N) is 1. The molecule has 0 unspecified atom stereocenters. The quantitative estimate of drug-likeness (QED) is 0.291. The number of amides is 1. The van der Waals surface area contributed by atoms with E-state index in [0.717, 1.165) is 5.56 Å². The number of nitro benzene ring substituents is 1. The Morgan fingerprint density at radius 1 is 1.16 bits per heavy atom. The molecule has 0 aliphatic rings. The Morgan fingerprint density at radius 3 is 2.44 bits per heavy atom. The molecule has 0 radical (unpaired) electrons. The van der Waals surface area contributed by atoms with Crippen LogP contribution in [0.25, 0.3) is 11.4 Å². The molecule has 3 rings (SSSR count). The molecule has 0 aliphatic heterocycles. The van der Waals surface area contributed by atoms with Gasteiger partial charge in [-0.1, -0.05) is 17.8 Å². The van der Waals surface area contributed by atoms with Crippen molar-refractivity contribution in [2.45, 2.75) is 25.5 Å². The van der Waals surface area contributed by atoms with Gasteiger partial charge in [-0.15, -0.1) is 10.2 Å². The van der Waals surface area contributed by atoms with E-state index in [0.29, 0.717) is 40.3 Å². The maximum absolute atomic E-state index is 12.4. The maximum Gasteiger partial charge on any atom is 0.274 e. The van der Waals surface area contributed by atoms with Crippen LogP contribution in [0.2, 0.25) is 0 Å². The number of hydrogen-bond acceptors (Lipinski definition) is 8. The van der Waals surface area contributed by atoms with Crippen LogP contribution in [0.4, 0.5) is 11.4 Å². The van der Waals surface area contributed by atoms with Crippen LogP contribution in [0.15, 0.2) is 41.6 Å². The molecule has 0 saturated carbocycles. The molecule has 10 nitrogen and oxygen atoms in total. The minimum Gasteiger partial charge on any atom is -0.497 e. The zero-order valence-electron chi connectivity index (χ0n) is 18.1. The van der Waals surface area contributed by atoms with Crippen molar-refractivity contribution in [2.24, 2.45) is 0 Å². The summed E-state index contributed by atoms with van der Waals surface area (Å²) in [5.74, 6) is 1.66. The predicted octanol–water partition coefficient (Wildman–Crippen LogP) is 3.93. The third-order valence-corrected chi connectivity index (χ3v) is 5.63. The number of hydrogen-bond donors (Lipinski definition) is 1. The highest BCUT2D eigenvalue weighted by Gasteiger charge is 2.17. The zero-order valence-corrected chi connectivity index (χ0v) is 18.9. The van der Waals surface area contributed by atoms with Gasteiger partial charge in [-0.2, -0.15) is 0 Å². The fourth-order valence-corrected chi connectivity index (χ4v) is 3.84. The van der Waals surface area contributed by atoms with Gasteiger partial charge in [0.15, 0.2) is 11.0 Å². The molecule has 1 aromatic heterocycles. The van der Waals surface area contributed by atoms with Gasteiger partial charge in [0.25, 0.3) is 5.69 Å². The van der Waals surface area contributed by atoms with E-state index in [2.05, 4.69) is 15.5 Å². The Bertz CT molecular complexity index is 1130. The molecular weight excluding hydrogens is 434 g/mol. The number of nitro groups is 1. The molecule has 0 fully saturated rings. The first-order valence-electron chi connectivity index (χ1n) is 9.70. The molecule has 0 aliphatic carbocycles. The monoisotopic (exact) mass is 457 g/mol. The van der Waals surface area contributed by atoms with Crippen molar-refractivity contribution in [3.63, 3.8) is 0 Å². The molecular formula is C21H23N5O5S. The second-order valence-electron chi connectivity index (χ2n) is 6.75. The number of aromatic nitrogens is 3. The van der Waals surface area contributed by atoms with Crippen LogP contribution in [0.1, 0.15) is 12.5 Å². The van der Waals surface area contributed by atoms with Crippen LogP contribution in [-0.2, 0) is 11.3 Å². The average molecular weight is 458 g/mol. The number of benzene rings is 2. The number of anilines is 1. The second kappa shape index (κ2) is 10.1. The van der Waals surface area contributed by atoms with Gasteiger partial charge in [0, 0.05) is 35.5 Å². The van der Waals surface area contributed by atoms with Crippen LogP contribution in [0, 0.1) is 17.0 Å². The summed E-state index contributed by atoms with van der Waals surface area (Å²) in [6.45, 7) is 4.20. The molecule has 2 aromatic carbocycles. The lowest BCUT2D eigenvalue weighted by Crippen LogP contribution is -2.15. The van der Waals surface area contributed by atoms with Crippen LogP contribution in [0.5, 0.6) is 11.5 Å². The fourth-order valence-electron chi connectivity index (χ4n) is 3.04. The molecule has 1 amide bonds. The zero-order chi connectivity index (χ0) is 23.3. The van der Waals surface area contributed by atoms with E-state index in [1.54, 1.807) is 39.3 Å². The summed E-state index contributed by atoms with van der Waals surface area (Å²) in [7, 11) is 3.15. The smallest absolute Gasteiger partial charge is 0.274 e. The highest BCUT2D eigenvalue weighted by Crippen LogP contribution is 2.31. The molecule has 0 saturated heterocycles. The molecule has 0 bridgehead atoms. The molecule has 1 N–H and O–H groups in total. The summed E-state index contributed by atoms with van der Waals surface area (Å²) in [4.78, 5) is 23.0. The Morgan fingerprint density at radius 2 is 1.84 bits per heavy atom. The van der Waals surface area contributed by atoms with Gasteiger partial charge in [-0.3, -0.25) is 14.9 Å². The number of ether oxygens (including phenoxy) is 2. The lowest BCUT2D eigenvalue weighted by molar-refractivity contribution is -0.385. The van der Waals surface area contributed by atoms with Crippen LogP contribution >= 0.6 is 11.8 Å². The van der Waals surface area contributed by atoms with E-state index in [-0.39, 0.29) is 17.3 Å². The van der Waals surface area contributed by atoms with Gasteiger partial charge < -0.3 is 19.4 Å². The van der Waals surface area contributed by atoms with E-state index >= 15 is 0 Å². The SMILES string of the molecule is CCn1c(SCC(=O)Nc2ccc(C)c([N+](=O)[O-])c2)nnc1-c1cc(OC)cc(OC)c1. The highest BCUT2D eigenvalue weighted by atomic mass is 32.2. The number of nitrogens with zero attached hydrogens (tertiary/aromatic N) is 4. The van der Waals surface area contributed by atoms with Gasteiger partial charge >= 0.3 is 0 Å².